The Morgan fingerprint density at radius 1 is 1.29 bits per heavy atom. The molecule has 14 heavy (non-hydrogen) atoms. The summed E-state index contributed by atoms with van der Waals surface area (Å²) in [6, 6.07) is 0. The molecule has 4 nitrogen and oxygen atoms in total. The zero-order valence-electron chi connectivity index (χ0n) is 8.99. The smallest absolute Gasteiger partial charge is 0.329 e. The van der Waals surface area contributed by atoms with Crippen molar-refractivity contribution >= 4 is 5.97 Å². The van der Waals surface area contributed by atoms with Crippen LogP contribution >= 0.6 is 0 Å². The SMILES string of the molecule is CCCCCCOC(C)OCC(=O)O. The van der Waals surface area contributed by atoms with E-state index in [1.807, 2.05) is 0 Å². The fraction of sp³-hybridized carbons (Fsp3) is 0.900. The highest BCUT2D eigenvalue weighted by Crippen LogP contribution is 2.01. The summed E-state index contributed by atoms with van der Waals surface area (Å²) in [7, 11) is 0. The van der Waals surface area contributed by atoms with Crippen LogP contribution < -0.4 is 0 Å². The zero-order valence-corrected chi connectivity index (χ0v) is 8.99. The normalized spacial score (nSPS) is 12.7. The van der Waals surface area contributed by atoms with Crippen LogP contribution in [0.25, 0.3) is 0 Å². The molecule has 0 aromatic heterocycles. The molecular formula is C10H20O4. The van der Waals surface area contributed by atoms with Gasteiger partial charge in [0.05, 0.1) is 0 Å². The maximum atomic E-state index is 10.1. The number of carboxylic acids is 1. The first-order chi connectivity index (χ1) is 6.66. The van der Waals surface area contributed by atoms with Crippen LogP contribution in [0.2, 0.25) is 0 Å². The van der Waals surface area contributed by atoms with Gasteiger partial charge in [-0.25, -0.2) is 4.79 Å². The zero-order chi connectivity index (χ0) is 10.8. The highest BCUT2D eigenvalue weighted by Gasteiger charge is 2.04. The predicted molar refractivity (Wildman–Crippen MR) is 53.1 cm³/mol. The van der Waals surface area contributed by atoms with Crippen molar-refractivity contribution in [3.8, 4) is 0 Å². The second-order valence-corrected chi connectivity index (χ2v) is 3.20. The second kappa shape index (κ2) is 8.97. The van der Waals surface area contributed by atoms with Crippen molar-refractivity contribution in [2.24, 2.45) is 0 Å². The molecule has 1 atom stereocenters. The quantitative estimate of drug-likeness (QED) is 0.461. The van der Waals surface area contributed by atoms with E-state index in [1.165, 1.54) is 12.8 Å². The van der Waals surface area contributed by atoms with Crippen LogP contribution in [-0.2, 0) is 14.3 Å². The van der Waals surface area contributed by atoms with Gasteiger partial charge in [0.15, 0.2) is 6.29 Å². The van der Waals surface area contributed by atoms with Crippen molar-refractivity contribution in [2.45, 2.75) is 45.8 Å². The molecule has 0 rings (SSSR count). The van der Waals surface area contributed by atoms with Crippen LogP contribution in [0.4, 0.5) is 0 Å². The topological polar surface area (TPSA) is 55.8 Å². The average molecular weight is 204 g/mol. The van der Waals surface area contributed by atoms with Crippen molar-refractivity contribution in [1.82, 2.24) is 0 Å². The van der Waals surface area contributed by atoms with Crippen LogP contribution in [0, 0.1) is 0 Å². The first-order valence-corrected chi connectivity index (χ1v) is 5.11. The van der Waals surface area contributed by atoms with Gasteiger partial charge in [0.2, 0.25) is 0 Å². The van der Waals surface area contributed by atoms with E-state index in [-0.39, 0.29) is 6.61 Å². The molecule has 84 valence electrons. The fourth-order valence-corrected chi connectivity index (χ4v) is 1.01. The van der Waals surface area contributed by atoms with E-state index in [9.17, 15) is 4.79 Å². The monoisotopic (exact) mass is 204 g/mol. The third-order valence-corrected chi connectivity index (χ3v) is 1.79. The van der Waals surface area contributed by atoms with Crippen LogP contribution in [0.3, 0.4) is 0 Å². The van der Waals surface area contributed by atoms with Gasteiger partial charge in [0.1, 0.15) is 6.61 Å². The average Bonchev–Trinajstić information content (AvgIpc) is 2.14. The third kappa shape index (κ3) is 9.48. The van der Waals surface area contributed by atoms with Crippen molar-refractivity contribution in [3.05, 3.63) is 0 Å². The van der Waals surface area contributed by atoms with Crippen LogP contribution in [0.15, 0.2) is 0 Å². The van der Waals surface area contributed by atoms with Crippen LogP contribution in [-0.4, -0.2) is 30.6 Å². The fourth-order valence-electron chi connectivity index (χ4n) is 1.01. The third-order valence-electron chi connectivity index (χ3n) is 1.79. The molecule has 0 bridgehead atoms. The molecule has 0 radical (unpaired) electrons. The maximum Gasteiger partial charge on any atom is 0.329 e. The Kier molecular flexibility index (Phi) is 8.57. The van der Waals surface area contributed by atoms with Crippen LogP contribution in [0.5, 0.6) is 0 Å². The summed E-state index contributed by atoms with van der Waals surface area (Å²) in [5.41, 5.74) is 0. The van der Waals surface area contributed by atoms with Crippen molar-refractivity contribution < 1.29 is 19.4 Å². The molecule has 0 aromatic carbocycles. The first-order valence-electron chi connectivity index (χ1n) is 5.11. The number of carbonyl (C=O) groups is 1. The molecule has 0 saturated carbocycles. The minimum atomic E-state index is -0.966. The Hall–Kier alpha value is -0.610. The van der Waals surface area contributed by atoms with E-state index < -0.39 is 12.3 Å². The van der Waals surface area contributed by atoms with Crippen molar-refractivity contribution in [1.29, 1.82) is 0 Å². The van der Waals surface area contributed by atoms with Crippen molar-refractivity contribution in [2.75, 3.05) is 13.2 Å². The maximum absolute atomic E-state index is 10.1. The summed E-state index contributed by atoms with van der Waals surface area (Å²) >= 11 is 0. The highest BCUT2D eigenvalue weighted by atomic mass is 16.7. The summed E-state index contributed by atoms with van der Waals surface area (Å²) in [5, 5.41) is 8.32. The van der Waals surface area contributed by atoms with Gasteiger partial charge in [-0.05, 0) is 13.3 Å². The van der Waals surface area contributed by atoms with E-state index >= 15 is 0 Å². The lowest BCUT2D eigenvalue weighted by Crippen LogP contribution is -2.18. The molecule has 0 aliphatic rings. The van der Waals surface area contributed by atoms with Gasteiger partial charge in [-0.15, -0.1) is 0 Å². The van der Waals surface area contributed by atoms with E-state index in [2.05, 4.69) is 6.92 Å². The molecule has 0 aliphatic carbocycles. The summed E-state index contributed by atoms with van der Waals surface area (Å²) in [6.45, 7) is 4.21. The standard InChI is InChI=1S/C10H20O4/c1-3-4-5-6-7-13-9(2)14-8-10(11)12/h9H,3-8H2,1-2H3,(H,11,12). The molecule has 1 unspecified atom stereocenters. The minimum Gasteiger partial charge on any atom is -0.480 e. The summed E-state index contributed by atoms with van der Waals surface area (Å²) in [4.78, 5) is 10.1. The van der Waals surface area contributed by atoms with E-state index in [4.69, 9.17) is 14.6 Å². The van der Waals surface area contributed by atoms with E-state index in [0.717, 1.165) is 12.8 Å². The molecule has 0 spiro atoms. The number of ether oxygens (including phenoxy) is 2. The Bertz CT molecular complexity index is 147. The van der Waals surface area contributed by atoms with Gasteiger partial charge in [-0.1, -0.05) is 26.2 Å². The summed E-state index contributed by atoms with van der Waals surface area (Å²) < 4.78 is 10.1. The number of aliphatic carboxylic acids is 1. The highest BCUT2D eigenvalue weighted by molar-refractivity contribution is 5.67. The number of rotatable bonds is 9. The Morgan fingerprint density at radius 3 is 2.57 bits per heavy atom. The summed E-state index contributed by atoms with van der Waals surface area (Å²) in [5.74, 6) is -0.966. The molecule has 0 aromatic rings. The van der Waals surface area contributed by atoms with Crippen molar-refractivity contribution in [3.63, 3.8) is 0 Å². The van der Waals surface area contributed by atoms with Gasteiger partial charge in [-0.3, -0.25) is 0 Å². The molecule has 0 heterocycles. The molecule has 0 fully saturated rings. The van der Waals surface area contributed by atoms with Gasteiger partial charge in [-0.2, -0.15) is 0 Å². The number of unbranched alkanes of at least 4 members (excludes halogenated alkanes) is 3. The largest absolute Gasteiger partial charge is 0.480 e. The summed E-state index contributed by atoms with van der Waals surface area (Å²) in [6.07, 6.45) is 4.16. The number of hydrogen-bond donors (Lipinski definition) is 1. The molecule has 0 aliphatic heterocycles. The lowest BCUT2D eigenvalue weighted by atomic mass is 10.2. The Labute approximate surface area is 85.2 Å². The minimum absolute atomic E-state index is 0.296. The Balaban J connectivity index is 3.18. The number of hydrogen-bond acceptors (Lipinski definition) is 3. The second-order valence-electron chi connectivity index (χ2n) is 3.20. The van der Waals surface area contributed by atoms with Gasteiger partial charge < -0.3 is 14.6 Å². The van der Waals surface area contributed by atoms with E-state index in [0.29, 0.717) is 6.61 Å². The lowest BCUT2D eigenvalue weighted by Gasteiger charge is -2.12. The molecule has 0 saturated heterocycles. The Morgan fingerprint density at radius 2 is 2.00 bits per heavy atom. The molecule has 1 N–H and O–H groups in total. The van der Waals surface area contributed by atoms with E-state index in [1.54, 1.807) is 6.92 Å². The molecule has 4 heteroatoms. The molecule has 0 amide bonds. The first kappa shape index (κ1) is 13.4. The van der Waals surface area contributed by atoms with Crippen LogP contribution in [0.1, 0.15) is 39.5 Å². The number of carboxylic acid groups (broad SMARTS) is 1. The van der Waals surface area contributed by atoms with Gasteiger partial charge in [0.25, 0.3) is 0 Å². The predicted octanol–water partition coefficient (Wildman–Crippen LogP) is 2.03. The van der Waals surface area contributed by atoms with Gasteiger partial charge >= 0.3 is 5.97 Å². The lowest BCUT2D eigenvalue weighted by molar-refractivity contribution is -0.163. The van der Waals surface area contributed by atoms with Gasteiger partial charge in [0, 0.05) is 6.61 Å². The molecular weight excluding hydrogens is 184 g/mol.